The van der Waals surface area contributed by atoms with Crippen LogP contribution >= 0.6 is 0 Å². The summed E-state index contributed by atoms with van der Waals surface area (Å²) in [6.07, 6.45) is 6.73. The first-order valence-electron chi connectivity index (χ1n) is 7.40. The zero-order valence-electron chi connectivity index (χ0n) is 11.4. The standard InChI is InChI=1S/C14H26N2O2/c1-2-11-5-3-4-6-13(11)16-14(17)9-12-10-18-8-7-15-12/h11-13,15H,2-10H2,1H3,(H,16,17). The van der Waals surface area contributed by atoms with Crippen molar-refractivity contribution in [3.63, 3.8) is 0 Å². The van der Waals surface area contributed by atoms with Crippen molar-refractivity contribution in [2.75, 3.05) is 19.8 Å². The molecule has 0 aromatic carbocycles. The van der Waals surface area contributed by atoms with Gasteiger partial charge in [0.05, 0.1) is 13.2 Å². The van der Waals surface area contributed by atoms with Crippen molar-refractivity contribution in [1.29, 1.82) is 0 Å². The van der Waals surface area contributed by atoms with E-state index in [1.165, 1.54) is 25.7 Å². The van der Waals surface area contributed by atoms with Gasteiger partial charge in [0.2, 0.25) is 5.91 Å². The van der Waals surface area contributed by atoms with E-state index in [0.717, 1.165) is 19.6 Å². The van der Waals surface area contributed by atoms with Gasteiger partial charge in [-0.15, -0.1) is 0 Å². The number of hydrogen-bond acceptors (Lipinski definition) is 3. The lowest BCUT2D eigenvalue weighted by Crippen LogP contribution is -2.47. The Morgan fingerprint density at radius 3 is 2.94 bits per heavy atom. The van der Waals surface area contributed by atoms with E-state index in [9.17, 15) is 4.79 Å². The van der Waals surface area contributed by atoms with Crippen LogP contribution in [0.3, 0.4) is 0 Å². The second-order valence-electron chi connectivity index (χ2n) is 5.56. The maximum atomic E-state index is 12.0. The molecule has 1 aliphatic heterocycles. The third-order valence-electron chi connectivity index (χ3n) is 4.21. The lowest BCUT2D eigenvalue weighted by atomic mass is 9.83. The third-order valence-corrected chi connectivity index (χ3v) is 4.21. The van der Waals surface area contributed by atoms with Gasteiger partial charge < -0.3 is 15.4 Å². The molecule has 3 unspecified atom stereocenters. The number of carbonyl (C=O) groups excluding carboxylic acids is 1. The molecule has 0 aromatic heterocycles. The highest BCUT2D eigenvalue weighted by Crippen LogP contribution is 2.26. The van der Waals surface area contributed by atoms with E-state index in [0.29, 0.717) is 25.0 Å². The topological polar surface area (TPSA) is 50.4 Å². The zero-order chi connectivity index (χ0) is 12.8. The SMILES string of the molecule is CCC1CCCCC1NC(=O)CC1COCCN1. The minimum absolute atomic E-state index is 0.184. The number of morpholine rings is 1. The van der Waals surface area contributed by atoms with Crippen molar-refractivity contribution in [3.05, 3.63) is 0 Å². The molecule has 4 heteroatoms. The Bertz CT molecular complexity index is 265. The van der Waals surface area contributed by atoms with Gasteiger partial charge in [0.25, 0.3) is 0 Å². The van der Waals surface area contributed by atoms with Crippen LogP contribution in [0.1, 0.15) is 45.4 Å². The van der Waals surface area contributed by atoms with E-state index in [1.807, 2.05) is 0 Å². The largest absolute Gasteiger partial charge is 0.378 e. The fraction of sp³-hybridized carbons (Fsp3) is 0.929. The minimum atomic E-state index is 0.184. The number of hydrogen-bond donors (Lipinski definition) is 2. The molecular formula is C14H26N2O2. The van der Waals surface area contributed by atoms with Gasteiger partial charge in [-0.3, -0.25) is 4.79 Å². The fourth-order valence-electron chi connectivity index (χ4n) is 3.13. The predicted octanol–water partition coefficient (Wildman–Crippen LogP) is 1.45. The molecule has 104 valence electrons. The summed E-state index contributed by atoms with van der Waals surface area (Å²) in [7, 11) is 0. The van der Waals surface area contributed by atoms with E-state index < -0.39 is 0 Å². The lowest BCUT2D eigenvalue weighted by molar-refractivity contribution is -0.123. The van der Waals surface area contributed by atoms with Crippen molar-refractivity contribution >= 4 is 5.91 Å². The van der Waals surface area contributed by atoms with Crippen LogP contribution in [0.4, 0.5) is 0 Å². The normalized spacial score (nSPS) is 33.1. The summed E-state index contributed by atoms with van der Waals surface area (Å²) in [5, 5.41) is 6.56. The average Bonchev–Trinajstić information content (AvgIpc) is 2.40. The van der Waals surface area contributed by atoms with Gasteiger partial charge in [-0.1, -0.05) is 26.2 Å². The summed E-state index contributed by atoms with van der Waals surface area (Å²) < 4.78 is 5.37. The Kier molecular flexibility index (Phi) is 5.45. The van der Waals surface area contributed by atoms with E-state index >= 15 is 0 Å². The van der Waals surface area contributed by atoms with Crippen molar-refractivity contribution in [2.24, 2.45) is 5.92 Å². The summed E-state index contributed by atoms with van der Waals surface area (Å²) in [5.41, 5.74) is 0. The molecule has 2 N–H and O–H groups in total. The molecule has 1 saturated heterocycles. The maximum absolute atomic E-state index is 12.0. The van der Waals surface area contributed by atoms with E-state index in [2.05, 4.69) is 17.6 Å². The van der Waals surface area contributed by atoms with Crippen LogP contribution in [-0.4, -0.2) is 37.7 Å². The van der Waals surface area contributed by atoms with E-state index in [1.54, 1.807) is 0 Å². The van der Waals surface area contributed by atoms with Crippen LogP contribution in [0.2, 0.25) is 0 Å². The number of carbonyl (C=O) groups is 1. The van der Waals surface area contributed by atoms with Crippen molar-refractivity contribution in [3.8, 4) is 0 Å². The zero-order valence-corrected chi connectivity index (χ0v) is 11.4. The third kappa shape index (κ3) is 3.95. The quantitative estimate of drug-likeness (QED) is 0.798. The van der Waals surface area contributed by atoms with Gasteiger partial charge in [0, 0.05) is 25.0 Å². The molecule has 1 heterocycles. The fourth-order valence-corrected chi connectivity index (χ4v) is 3.13. The van der Waals surface area contributed by atoms with Gasteiger partial charge in [-0.05, 0) is 18.8 Å². The Balaban J connectivity index is 1.75. The van der Waals surface area contributed by atoms with Crippen LogP contribution in [0.15, 0.2) is 0 Å². The molecule has 0 spiro atoms. The second-order valence-corrected chi connectivity index (χ2v) is 5.56. The summed E-state index contributed by atoms with van der Waals surface area (Å²) in [5.74, 6) is 0.863. The molecule has 4 nitrogen and oxygen atoms in total. The molecule has 1 saturated carbocycles. The highest BCUT2D eigenvalue weighted by Gasteiger charge is 2.26. The van der Waals surface area contributed by atoms with Gasteiger partial charge in [0.15, 0.2) is 0 Å². The number of ether oxygens (including phenoxy) is 1. The van der Waals surface area contributed by atoms with Crippen LogP contribution in [0, 0.1) is 5.92 Å². The van der Waals surface area contributed by atoms with Crippen molar-refractivity contribution < 1.29 is 9.53 Å². The molecule has 18 heavy (non-hydrogen) atoms. The molecule has 0 bridgehead atoms. The smallest absolute Gasteiger partial charge is 0.221 e. The van der Waals surface area contributed by atoms with Gasteiger partial charge in [0.1, 0.15) is 0 Å². The summed E-state index contributed by atoms with van der Waals surface area (Å²) >= 11 is 0. The van der Waals surface area contributed by atoms with Gasteiger partial charge in [-0.25, -0.2) is 0 Å². The van der Waals surface area contributed by atoms with Gasteiger partial charge in [-0.2, -0.15) is 0 Å². The Morgan fingerprint density at radius 1 is 1.39 bits per heavy atom. The van der Waals surface area contributed by atoms with Crippen LogP contribution in [0.5, 0.6) is 0 Å². The van der Waals surface area contributed by atoms with Crippen LogP contribution in [-0.2, 0) is 9.53 Å². The number of rotatable bonds is 4. The summed E-state index contributed by atoms with van der Waals surface area (Å²) in [6.45, 7) is 4.51. The van der Waals surface area contributed by atoms with E-state index in [4.69, 9.17) is 4.74 Å². The van der Waals surface area contributed by atoms with Crippen molar-refractivity contribution in [1.82, 2.24) is 10.6 Å². The first-order chi connectivity index (χ1) is 8.79. The number of nitrogens with one attached hydrogen (secondary N) is 2. The Morgan fingerprint density at radius 2 is 2.22 bits per heavy atom. The molecule has 0 radical (unpaired) electrons. The molecule has 2 rings (SSSR count). The molecule has 3 atom stereocenters. The molecular weight excluding hydrogens is 228 g/mol. The Hall–Kier alpha value is -0.610. The molecule has 1 aliphatic carbocycles. The summed E-state index contributed by atoms with van der Waals surface area (Å²) in [4.78, 5) is 12.0. The average molecular weight is 254 g/mol. The van der Waals surface area contributed by atoms with Crippen LogP contribution < -0.4 is 10.6 Å². The van der Waals surface area contributed by atoms with Crippen LogP contribution in [0.25, 0.3) is 0 Å². The molecule has 1 amide bonds. The lowest BCUT2D eigenvalue weighted by Gasteiger charge is -2.32. The monoisotopic (exact) mass is 254 g/mol. The van der Waals surface area contributed by atoms with E-state index in [-0.39, 0.29) is 11.9 Å². The second kappa shape index (κ2) is 7.10. The first kappa shape index (κ1) is 13.8. The molecule has 0 aromatic rings. The highest BCUT2D eigenvalue weighted by atomic mass is 16.5. The molecule has 2 fully saturated rings. The van der Waals surface area contributed by atoms with Crippen molar-refractivity contribution in [2.45, 2.75) is 57.5 Å². The first-order valence-corrected chi connectivity index (χ1v) is 7.40. The highest BCUT2D eigenvalue weighted by molar-refractivity contribution is 5.77. The summed E-state index contributed by atoms with van der Waals surface area (Å²) in [6, 6.07) is 0.600. The Labute approximate surface area is 110 Å². The van der Waals surface area contributed by atoms with Gasteiger partial charge >= 0.3 is 0 Å². The molecule has 2 aliphatic rings. The maximum Gasteiger partial charge on any atom is 0.221 e. The minimum Gasteiger partial charge on any atom is -0.378 e. The number of amides is 1. The predicted molar refractivity (Wildman–Crippen MR) is 71.4 cm³/mol.